The van der Waals surface area contributed by atoms with Gasteiger partial charge in [-0.05, 0) is 26.0 Å². The Morgan fingerprint density at radius 3 is 2.83 bits per heavy atom. The van der Waals surface area contributed by atoms with Crippen molar-refractivity contribution in [2.24, 2.45) is 0 Å². The van der Waals surface area contributed by atoms with Gasteiger partial charge >= 0.3 is 0 Å². The Morgan fingerprint density at radius 1 is 1.22 bits per heavy atom. The van der Waals surface area contributed by atoms with Crippen LogP contribution in [0.25, 0.3) is 16.9 Å². The van der Waals surface area contributed by atoms with Gasteiger partial charge in [-0.25, -0.2) is 14.5 Å². The van der Waals surface area contributed by atoms with Crippen LogP contribution in [0.3, 0.4) is 0 Å². The van der Waals surface area contributed by atoms with Gasteiger partial charge in [0.05, 0.1) is 11.9 Å². The summed E-state index contributed by atoms with van der Waals surface area (Å²) in [5.41, 5.74) is 2.91. The maximum atomic E-state index is 4.58. The van der Waals surface area contributed by atoms with Crippen LogP contribution in [0.4, 0.5) is 0 Å². The van der Waals surface area contributed by atoms with E-state index in [4.69, 9.17) is 0 Å². The van der Waals surface area contributed by atoms with Gasteiger partial charge < -0.3 is 0 Å². The zero-order valence-corrected chi connectivity index (χ0v) is 11.6. The fourth-order valence-corrected chi connectivity index (χ4v) is 2.32. The molecule has 2 heterocycles. The average molecular weight is 303 g/mol. The van der Waals surface area contributed by atoms with Crippen molar-refractivity contribution >= 4 is 21.4 Å². The van der Waals surface area contributed by atoms with Crippen molar-refractivity contribution in [1.82, 2.24) is 19.6 Å². The lowest BCUT2D eigenvalue weighted by molar-refractivity contribution is 0.855. The lowest BCUT2D eigenvalue weighted by Gasteiger charge is -2.01. The maximum absolute atomic E-state index is 4.58. The van der Waals surface area contributed by atoms with Gasteiger partial charge in [0.25, 0.3) is 0 Å². The average Bonchev–Trinajstić information content (AvgIpc) is 2.66. The first kappa shape index (κ1) is 11.3. The number of imidazole rings is 1. The molecule has 0 aliphatic heterocycles. The van der Waals surface area contributed by atoms with E-state index < -0.39 is 0 Å². The first-order valence-electron chi connectivity index (χ1n) is 5.60. The van der Waals surface area contributed by atoms with Gasteiger partial charge in [0.2, 0.25) is 0 Å². The van der Waals surface area contributed by atoms with Gasteiger partial charge in [-0.1, -0.05) is 28.1 Å². The number of aryl methyl sites for hydroxylation is 2. The fraction of sp³-hybridized carbons (Fsp3) is 0.154. The summed E-state index contributed by atoms with van der Waals surface area (Å²) in [6.07, 6.45) is 1.81. The third-order valence-electron chi connectivity index (χ3n) is 2.77. The van der Waals surface area contributed by atoms with Crippen LogP contribution >= 0.6 is 15.9 Å². The van der Waals surface area contributed by atoms with E-state index in [9.17, 15) is 0 Å². The van der Waals surface area contributed by atoms with Gasteiger partial charge in [-0.15, -0.1) is 0 Å². The molecule has 2 aromatic heterocycles. The second kappa shape index (κ2) is 4.17. The highest BCUT2D eigenvalue weighted by atomic mass is 79.9. The number of fused-ring (bicyclic) bond motifs is 1. The van der Waals surface area contributed by atoms with Gasteiger partial charge in [0.1, 0.15) is 11.3 Å². The standard InChI is InChI=1S/C13H11BrN4/c1-8-12-7-15-9(2)17-18(12)13(16-8)10-4-3-5-11(14)6-10/h3-7H,1-2H3. The van der Waals surface area contributed by atoms with Crippen LogP contribution in [-0.2, 0) is 0 Å². The molecule has 0 atom stereocenters. The minimum atomic E-state index is 0.733. The molecule has 4 nitrogen and oxygen atoms in total. The van der Waals surface area contributed by atoms with Crippen LogP contribution in [0, 0.1) is 13.8 Å². The van der Waals surface area contributed by atoms with Gasteiger partial charge in [-0.2, -0.15) is 5.10 Å². The van der Waals surface area contributed by atoms with E-state index in [1.54, 1.807) is 0 Å². The van der Waals surface area contributed by atoms with Crippen molar-refractivity contribution in [3.8, 4) is 11.4 Å². The molecule has 0 N–H and O–H groups in total. The Bertz CT molecular complexity index is 733. The molecule has 0 saturated heterocycles. The molecule has 0 fully saturated rings. The monoisotopic (exact) mass is 302 g/mol. The van der Waals surface area contributed by atoms with Crippen molar-refractivity contribution in [3.63, 3.8) is 0 Å². The lowest BCUT2D eigenvalue weighted by atomic mass is 10.2. The molecule has 0 bridgehead atoms. The van der Waals surface area contributed by atoms with E-state index in [0.717, 1.165) is 32.9 Å². The zero-order valence-electron chi connectivity index (χ0n) is 10.1. The van der Waals surface area contributed by atoms with Gasteiger partial charge in [0, 0.05) is 10.0 Å². The molecule has 3 aromatic rings. The summed E-state index contributed by atoms with van der Waals surface area (Å²) in [6.45, 7) is 3.84. The highest BCUT2D eigenvalue weighted by Gasteiger charge is 2.11. The largest absolute Gasteiger partial charge is 0.238 e. The quantitative estimate of drug-likeness (QED) is 0.693. The number of hydrogen-bond acceptors (Lipinski definition) is 3. The van der Waals surface area contributed by atoms with E-state index in [2.05, 4.69) is 31.0 Å². The smallest absolute Gasteiger partial charge is 0.161 e. The summed E-state index contributed by atoms with van der Waals surface area (Å²) >= 11 is 3.47. The Hall–Kier alpha value is -1.75. The van der Waals surface area contributed by atoms with Crippen molar-refractivity contribution in [3.05, 3.63) is 46.5 Å². The molecule has 3 rings (SSSR count). The molecule has 0 aliphatic rings. The molecule has 0 aliphatic carbocycles. The summed E-state index contributed by atoms with van der Waals surface area (Å²) < 4.78 is 2.87. The minimum absolute atomic E-state index is 0.733. The molecule has 90 valence electrons. The van der Waals surface area contributed by atoms with Crippen molar-refractivity contribution in [1.29, 1.82) is 0 Å². The molecule has 0 unspecified atom stereocenters. The number of nitrogens with zero attached hydrogens (tertiary/aromatic N) is 4. The lowest BCUT2D eigenvalue weighted by Crippen LogP contribution is -1.99. The normalized spacial score (nSPS) is 11.1. The summed E-state index contributed by atoms with van der Waals surface area (Å²) in [4.78, 5) is 8.79. The molecule has 1 aromatic carbocycles. The molecule has 18 heavy (non-hydrogen) atoms. The van der Waals surface area contributed by atoms with Gasteiger partial charge in [0.15, 0.2) is 5.82 Å². The molecule has 0 amide bonds. The van der Waals surface area contributed by atoms with Crippen molar-refractivity contribution in [2.75, 3.05) is 0 Å². The van der Waals surface area contributed by atoms with E-state index in [1.165, 1.54) is 0 Å². The van der Waals surface area contributed by atoms with Crippen molar-refractivity contribution in [2.45, 2.75) is 13.8 Å². The van der Waals surface area contributed by atoms with Crippen LogP contribution in [-0.4, -0.2) is 19.6 Å². The Morgan fingerprint density at radius 2 is 2.06 bits per heavy atom. The number of hydrogen-bond donors (Lipinski definition) is 0. The van der Waals surface area contributed by atoms with Gasteiger partial charge in [-0.3, -0.25) is 0 Å². The highest BCUT2D eigenvalue weighted by Crippen LogP contribution is 2.23. The topological polar surface area (TPSA) is 43.1 Å². The highest BCUT2D eigenvalue weighted by molar-refractivity contribution is 9.10. The van der Waals surface area contributed by atoms with Crippen LogP contribution in [0.5, 0.6) is 0 Å². The zero-order chi connectivity index (χ0) is 12.7. The van der Waals surface area contributed by atoms with Crippen LogP contribution in [0.2, 0.25) is 0 Å². The predicted octanol–water partition coefficient (Wildman–Crippen LogP) is 3.17. The molecular formula is C13H11BrN4. The molecule has 0 spiro atoms. The number of rotatable bonds is 1. The minimum Gasteiger partial charge on any atom is -0.238 e. The number of aromatic nitrogens is 4. The molecule has 0 saturated carbocycles. The maximum Gasteiger partial charge on any atom is 0.161 e. The van der Waals surface area contributed by atoms with E-state index in [-0.39, 0.29) is 0 Å². The molecular weight excluding hydrogens is 292 g/mol. The number of halogens is 1. The van der Waals surface area contributed by atoms with Crippen LogP contribution < -0.4 is 0 Å². The number of benzene rings is 1. The summed E-state index contributed by atoms with van der Waals surface area (Å²) in [6, 6.07) is 8.04. The second-order valence-corrected chi connectivity index (χ2v) is 5.05. The Labute approximate surface area is 113 Å². The van der Waals surface area contributed by atoms with E-state index >= 15 is 0 Å². The fourth-order valence-electron chi connectivity index (χ4n) is 1.92. The van der Waals surface area contributed by atoms with Crippen LogP contribution in [0.1, 0.15) is 11.5 Å². The predicted molar refractivity (Wildman–Crippen MR) is 73.4 cm³/mol. The van der Waals surface area contributed by atoms with Crippen LogP contribution in [0.15, 0.2) is 34.9 Å². The Balaban J connectivity index is 2.32. The third-order valence-corrected chi connectivity index (χ3v) is 3.27. The summed E-state index contributed by atoms with van der Waals surface area (Å²) in [7, 11) is 0. The third kappa shape index (κ3) is 1.80. The second-order valence-electron chi connectivity index (χ2n) is 4.13. The van der Waals surface area contributed by atoms with E-state index in [0.29, 0.717) is 0 Å². The summed E-state index contributed by atoms with van der Waals surface area (Å²) in [5, 5.41) is 4.43. The summed E-state index contributed by atoms with van der Waals surface area (Å²) in [5.74, 6) is 1.57. The molecule has 0 radical (unpaired) electrons. The first-order chi connectivity index (χ1) is 8.65. The SMILES string of the molecule is Cc1ncc2c(C)nc(-c3cccc(Br)c3)n2n1. The molecule has 5 heteroatoms. The van der Waals surface area contributed by atoms with E-state index in [1.807, 2.05) is 48.8 Å². The Kier molecular flexibility index (Phi) is 2.63. The first-order valence-corrected chi connectivity index (χ1v) is 6.39. The van der Waals surface area contributed by atoms with Crippen molar-refractivity contribution < 1.29 is 0 Å².